The predicted molar refractivity (Wildman–Crippen MR) is 143 cm³/mol. The van der Waals surface area contributed by atoms with Crippen molar-refractivity contribution in [2.45, 2.75) is 26.1 Å². The van der Waals surface area contributed by atoms with E-state index in [1.165, 1.54) is 12.1 Å². The fourth-order valence-electron chi connectivity index (χ4n) is 4.74. The first-order valence-electron chi connectivity index (χ1n) is 12.4. The molecule has 0 atom stereocenters. The monoisotopic (exact) mass is 541 g/mol. The molecule has 0 radical (unpaired) electrons. The first kappa shape index (κ1) is 25.9. The van der Waals surface area contributed by atoms with Gasteiger partial charge in [0.15, 0.2) is 5.65 Å². The van der Waals surface area contributed by atoms with E-state index in [0.29, 0.717) is 48.1 Å². The molecule has 5 rings (SSSR count). The fraction of sp³-hybridized carbons (Fsp3) is 0.286. The molecule has 1 amide bonds. The predicted octanol–water partition coefficient (Wildman–Crippen LogP) is 5.83. The van der Waals surface area contributed by atoms with Gasteiger partial charge in [0.1, 0.15) is 5.69 Å². The van der Waals surface area contributed by atoms with Gasteiger partial charge in [-0.15, -0.1) is 0 Å². The van der Waals surface area contributed by atoms with Crippen LogP contribution in [0.3, 0.4) is 0 Å². The van der Waals surface area contributed by atoms with Crippen molar-refractivity contribution < 1.29 is 18.0 Å². The van der Waals surface area contributed by atoms with Crippen LogP contribution < -0.4 is 15.1 Å². The molecule has 3 heterocycles. The van der Waals surface area contributed by atoms with Crippen molar-refractivity contribution in [3.63, 3.8) is 0 Å². The van der Waals surface area contributed by atoms with E-state index in [9.17, 15) is 18.0 Å². The Labute approximate surface area is 223 Å². The molecule has 198 valence electrons. The van der Waals surface area contributed by atoms with E-state index in [1.807, 2.05) is 31.2 Å². The van der Waals surface area contributed by atoms with Crippen molar-refractivity contribution in [3.05, 3.63) is 94.4 Å². The zero-order valence-corrected chi connectivity index (χ0v) is 21.6. The molecule has 0 bridgehead atoms. The summed E-state index contributed by atoms with van der Waals surface area (Å²) in [6.07, 6.45) is -1.93. The third-order valence-corrected chi connectivity index (χ3v) is 7.11. The van der Waals surface area contributed by atoms with Crippen LogP contribution in [0.4, 0.5) is 24.5 Å². The molecule has 0 saturated carbocycles. The molecule has 1 fully saturated rings. The fourth-order valence-corrected chi connectivity index (χ4v) is 4.95. The number of anilines is 2. The Bertz CT molecular complexity index is 1430. The van der Waals surface area contributed by atoms with E-state index >= 15 is 0 Å². The van der Waals surface area contributed by atoms with Crippen LogP contribution in [0.5, 0.6) is 0 Å². The quantitative estimate of drug-likeness (QED) is 0.334. The lowest BCUT2D eigenvalue weighted by atomic mass is 10.1. The second-order valence-corrected chi connectivity index (χ2v) is 9.59. The molecule has 2 aromatic heterocycles. The number of benzene rings is 2. The molecule has 38 heavy (non-hydrogen) atoms. The lowest BCUT2D eigenvalue weighted by Gasteiger charge is -2.37. The van der Waals surface area contributed by atoms with Gasteiger partial charge in [-0.25, -0.2) is 4.98 Å². The van der Waals surface area contributed by atoms with Gasteiger partial charge >= 0.3 is 6.18 Å². The number of carbonyl (C=O) groups is 1. The van der Waals surface area contributed by atoms with E-state index in [2.05, 4.69) is 20.1 Å². The maximum Gasteiger partial charge on any atom is 0.416 e. The van der Waals surface area contributed by atoms with E-state index in [1.54, 1.807) is 22.7 Å². The molecular weight excluding hydrogens is 515 g/mol. The van der Waals surface area contributed by atoms with Crippen LogP contribution in [0.1, 0.15) is 34.2 Å². The number of aromatic nitrogens is 2. The molecule has 1 aliphatic rings. The van der Waals surface area contributed by atoms with E-state index in [4.69, 9.17) is 11.6 Å². The van der Waals surface area contributed by atoms with E-state index in [-0.39, 0.29) is 5.91 Å². The lowest BCUT2D eigenvalue weighted by Crippen LogP contribution is -2.46. The number of imidazole rings is 1. The van der Waals surface area contributed by atoms with Crippen molar-refractivity contribution in [1.29, 1.82) is 0 Å². The number of halogens is 4. The second kappa shape index (κ2) is 10.6. The highest BCUT2D eigenvalue weighted by atomic mass is 35.5. The average molecular weight is 542 g/mol. The van der Waals surface area contributed by atoms with Crippen LogP contribution >= 0.6 is 11.6 Å². The minimum atomic E-state index is -4.33. The number of nitrogens with one attached hydrogen (secondary N) is 1. The number of amides is 1. The van der Waals surface area contributed by atoms with E-state index < -0.39 is 11.7 Å². The number of nitrogens with zero attached hydrogens (tertiary/aromatic N) is 4. The highest BCUT2D eigenvalue weighted by Gasteiger charge is 2.30. The normalized spacial score (nSPS) is 14.2. The molecule has 0 aliphatic carbocycles. The topological polar surface area (TPSA) is 52.9 Å². The Balaban J connectivity index is 1.18. The SMILES string of the molecule is CCc1nc2c(Cl)cccn2c1C(=O)NCc1ccc(N2CCN(c3ccc(C(F)(F)F)cc3)CC2)cc1. The van der Waals surface area contributed by atoms with Crippen LogP contribution in [0.15, 0.2) is 66.9 Å². The van der Waals surface area contributed by atoms with Crippen molar-refractivity contribution in [3.8, 4) is 0 Å². The number of piperazine rings is 1. The summed E-state index contributed by atoms with van der Waals surface area (Å²) in [4.78, 5) is 21.9. The lowest BCUT2D eigenvalue weighted by molar-refractivity contribution is -0.137. The molecule has 2 aromatic carbocycles. The number of pyridine rings is 1. The molecular formula is C28H27ClF3N5O. The zero-order chi connectivity index (χ0) is 26.9. The number of alkyl halides is 3. The standard InChI is InChI=1S/C28H27ClF3N5O/c1-2-24-25(37-13-3-4-23(29)26(37)34-24)27(38)33-18-19-5-9-21(10-6-19)35-14-16-36(17-15-35)22-11-7-20(8-12-22)28(30,31)32/h3-13H,2,14-18H2,1H3,(H,33,38). The molecule has 0 unspecified atom stereocenters. The number of hydrogen-bond donors (Lipinski definition) is 1. The van der Waals surface area contributed by atoms with Gasteiger partial charge < -0.3 is 15.1 Å². The Morgan fingerprint density at radius 1 is 0.947 bits per heavy atom. The average Bonchev–Trinajstić information content (AvgIpc) is 3.32. The number of fused-ring (bicyclic) bond motifs is 1. The summed E-state index contributed by atoms with van der Waals surface area (Å²) in [5.41, 5.74) is 3.95. The Hall–Kier alpha value is -3.72. The minimum Gasteiger partial charge on any atom is -0.368 e. The van der Waals surface area contributed by atoms with Gasteiger partial charge in [-0.05, 0) is 60.5 Å². The molecule has 1 N–H and O–H groups in total. The van der Waals surface area contributed by atoms with Crippen molar-refractivity contribution in [2.75, 3.05) is 36.0 Å². The first-order valence-corrected chi connectivity index (χ1v) is 12.8. The number of aryl methyl sites for hydroxylation is 1. The molecule has 4 aromatic rings. The largest absolute Gasteiger partial charge is 0.416 e. The van der Waals surface area contributed by atoms with Gasteiger partial charge in [0.05, 0.1) is 16.3 Å². The van der Waals surface area contributed by atoms with Gasteiger partial charge in [0.25, 0.3) is 5.91 Å². The Morgan fingerprint density at radius 3 is 2.08 bits per heavy atom. The van der Waals surface area contributed by atoms with Gasteiger partial charge in [0, 0.05) is 50.3 Å². The third kappa shape index (κ3) is 5.29. The summed E-state index contributed by atoms with van der Waals surface area (Å²) in [5.74, 6) is -0.208. The highest BCUT2D eigenvalue weighted by molar-refractivity contribution is 6.33. The molecule has 1 saturated heterocycles. The third-order valence-electron chi connectivity index (χ3n) is 6.82. The summed E-state index contributed by atoms with van der Waals surface area (Å²) in [6.45, 7) is 5.27. The summed E-state index contributed by atoms with van der Waals surface area (Å²) in [6, 6.07) is 16.9. The van der Waals surface area contributed by atoms with Crippen molar-refractivity contribution in [2.24, 2.45) is 0 Å². The van der Waals surface area contributed by atoms with Crippen LogP contribution in [0.2, 0.25) is 5.02 Å². The van der Waals surface area contributed by atoms with Crippen LogP contribution in [-0.2, 0) is 19.1 Å². The first-order chi connectivity index (χ1) is 18.2. The second-order valence-electron chi connectivity index (χ2n) is 9.18. The van der Waals surface area contributed by atoms with Crippen molar-refractivity contribution in [1.82, 2.24) is 14.7 Å². The van der Waals surface area contributed by atoms with Gasteiger partial charge in [-0.2, -0.15) is 13.2 Å². The maximum absolute atomic E-state index is 13.0. The molecule has 10 heteroatoms. The van der Waals surface area contributed by atoms with Crippen molar-refractivity contribution >= 4 is 34.5 Å². The molecule has 0 spiro atoms. The molecule has 6 nitrogen and oxygen atoms in total. The van der Waals surface area contributed by atoms with Gasteiger partial charge in [-0.1, -0.05) is 30.7 Å². The number of hydrogen-bond acceptors (Lipinski definition) is 4. The van der Waals surface area contributed by atoms with Crippen LogP contribution in [0, 0.1) is 0 Å². The molecule has 1 aliphatic heterocycles. The summed E-state index contributed by atoms with van der Waals surface area (Å²) in [5, 5.41) is 3.49. The Kier molecular flexibility index (Phi) is 7.21. The Morgan fingerprint density at radius 2 is 1.53 bits per heavy atom. The van der Waals surface area contributed by atoms with Crippen LogP contribution in [0.25, 0.3) is 5.65 Å². The maximum atomic E-state index is 13.0. The van der Waals surface area contributed by atoms with E-state index in [0.717, 1.165) is 42.2 Å². The minimum absolute atomic E-state index is 0.208. The highest BCUT2D eigenvalue weighted by Crippen LogP contribution is 2.31. The number of rotatable bonds is 6. The summed E-state index contributed by atoms with van der Waals surface area (Å²) < 4.78 is 40.2. The van der Waals surface area contributed by atoms with Crippen LogP contribution in [-0.4, -0.2) is 41.5 Å². The van der Waals surface area contributed by atoms with Gasteiger partial charge in [-0.3, -0.25) is 9.20 Å². The number of carbonyl (C=O) groups excluding carboxylic acids is 1. The van der Waals surface area contributed by atoms with Gasteiger partial charge in [0.2, 0.25) is 0 Å². The zero-order valence-electron chi connectivity index (χ0n) is 20.8. The summed E-state index contributed by atoms with van der Waals surface area (Å²) >= 11 is 6.26. The smallest absolute Gasteiger partial charge is 0.368 e. The summed E-state index contributed by atoms with van der Waals surface area (Å²) in [7, 11) is 0.